The number of ether oxygens (including phenoxy) is 2. The van der Waals surface area contributed by atoms with E-state index in [0.717, 1.165) is 0 Å². The van der Waals surface area contributed by atoms with E-state index in [0.29, 0.717) is 28.3 Å². The molecule has 0 fully saturated rings. The van der Waals surface area contributed by atoms with Crippen LogP contribution in [0.15, 0.2) is 47.6 Å². The Morgan fingerprint density at radius 1 is 1.03 bits per heavy atom. The van der Waals surface area contributed by atoms with Crippen molar-refractivity contribution in [3.63, 3.8) is 0 Å². The maximum absolute atomic E-state index is 12.4. The lowest BCUT2D eigenvalue weighted by molar-refractivity contribution is -0.141. The van der Waals surface area contributed by atoms with E-state index >= 15 is 0 Å². The molecule has 2 amide bonds. The minimum Gasteiger partial charge on any atom is -0.491 e. The number of nitrogens with two attached hydrogens (primary N) is 1. The van der Waals surface area contributed by atoms with Crippen molar-refractivity contribution in [1.82, 2.24) is 10.6 Å². The Morgan fingerprint density at radius 3 is 2.22 bits per heavy atom. The molecule has 0 aliphatic heterocycles. The molecule has 0 bridgehead atoms. The molecule has 6 N–H and O–H groups in total. The fraction of sp³-hybridized carbons (Fsp3) is 0.360. The first-order chi connectivity index (χ1) is 17.1. The van der Waals surface area contributed by atoms with Crippen molar-refractivity contribution in [3.8, 4) is 11.5 Å². The number of rotatable bonds is 13. The molecule has 0 spiro atoms. The molecule has 1 unspecified atom stereocenters. The van der Waals surface area contributed by atoms with Gasteiger partial charge in [-0.15, -0.1) is 0 Å². The van der Waals surface area contributed by atoms with Gasteiger partial charge in [0.15, 0.2) is 0 Å². The first-order valence-electron chi connectivity index (χ1n) is 11.4. The molecule has 36 heavy (non-hydrogen) atoms. The second-order valence-electron chi connectivity index (χ2n) is 8.49. The highest BCUT2D eigenvalue weighted by Crippen LogP contribution is 2.25. The van der Waals surface area contributed by atoms with Gasteiger partial charge in [0.1, 0.15) is 23.9 Å². The number of hydrazone groups is 1. The van der Waals surface area contributed by atoms with Crippen LogP contribution in [0.2, 0.25) is 0 Å². The summed E-state index contributed by atoms with van der Waals surface area (Å²) in [6.45, 7) is 7.12. The average Bonchev–Trinajstić information content (AvgIpc) is 2.79. The quantitative estimate of drug-likeness (QED) is 0.121. The summed E-state index contributed by atoms with van der Waals surface area (Å²) in [5, 5.41) is 20.7. The van der Waals surface area contributed by atoms with E-state index in [2.05, 4.69) is 21.1 Å². The molecule has 2 aromatic rings. The second kappa shape index (κ2) is 13.6. The number of aliphatic carboxylic acids is 1. The highest BCUT2D eigenvalue weighted by Gasteiger charge is 2.22. The molecule has 0 aromatic heterocycles. The third kappa shape index (κ3) is 9.53. The van der Waals surface area contributed by atoms with Crippen LogP contribution in [0.5, 0.6) is 11.5 Å². The van der Waals surface area contributed by atoms with Gasteiger partial charge in [-0.1, -0.05) is 6.07 Å². The lowest BCUT2D eigenvalue weighted by atomic mass is 10.0. The molecule has 1 atom stereocenters. The van der Waals surface area contributed by atoms with Crippen LogP contribution < -0.4 is 31.3 Å². The fourth-order valence-electron chi connectivity index (χ4n) is 3.23. The summed E-state index contributed by atoms with van der Waals surface area (Å²) in [7, 11) is 0. The summed E-state index contributed by atoms with van der Waals surface area (Å²) < 4.78 is 11.5. The van der Waals surface area contributed by atoms with Crippen molar-refractivity contribution in [3.05, 3.63) is 53.6 Å². The Balaban J connectivity index is 2.04. The van der Waals surface area contributed by atoms with Crippen molar-refractivity contribution in [1.29, 1.82) is 0 Å². The minimum absolute atomic E-state index is 0.00478. The predicted molar refractivity (Wildman–Crippen MR) is 136 cm³/mol. The Bertz CT molecular complexity index is 1060. The van der Waals surface area contributed by atoms with Gasteiger partial charge in [-0.25, -0.2) is 4.79 Å². The van der Waals surface area contributed by atoms with E-state index in [1.165, 1.54) is 6.34 Å². The second-order valence-corrected chi connectivity index (χ2v) is 8.49. The highest BCUT2D eigenvalue weighted by molar-refractivity contribution is 5.98. The molecule has 0 aliphatic carbocycles. The Labute approximate surface area is 210 Å². The van der Waals surface area contributed by atoms with Gasteiger partial charge in [0, 0.05) is 23.7 Å². The van der Waals surface area contributed by atoms with Crippen molar-refractivity contribution in [2.24, 2.45) is 10.9 Å². The molecule has 0 saturated carbocycles. The molecule has 0 aliphatic rings. The minimum atomic E-state index is -1.22. The molecule has 11 heteroatoms. The largest absolute Gasteiger partial charge is 0.491 e. The van der Waals surface area contributed by atoms with Gasteiger partial charge in [0.2, 0.25) is 5.91 Å². The summed E-state index contributed by atoms with van der Waals surface area (Å²) in [6, 6.07) is 10.4. The average molecular weight is 500 g/mol. The molecular weight excluding hydrogens is 466 g/mol. The third-order valence-corrected chi connectivity index (χ3v) is 4.60. The summed E-state index contributed by atoms with van der Waals surface area (Å²) in [5.41, 5.74) is 1.50. The predicted octanol–water partition coefficient (Wildman–Crippen LogP) is 2.12. The lowest BCUT2D eigenvalue weighted by Crippen LogP contribution is -2.46. The van der Waals surface area contributed by atoms with Crippen molar-refractivity contribution in [2.45, 2.75) is 52.4 Å². The molecule has 2 rings (SSSR count). The summed E-state index contributed by atoms with van der Waals surface area (Å²) >= 11 is 0. The maximum atomic E-state index is 12.4. The Hall–Kier alpha value is -4.28. The number of amides is 2. The zero-order valence-corrected chi connectivity index (χ0v) is 20.8. The summed E-state index contributed by atoms with van der Waals surface area (Å²) in [6.07, 6.45) is 1.08. The van der Waals surface area contributed by atoms with Crippen LogP contribution in [-0.4, -0.2) is 54.0 Å². The van der Waals surface area contributed by atoms with E-state index in [4.69, 9.17) is 15.3 Å². The van der Waals surface area contributed by atoms with Crippen LogP contribution in [-0.2, 0) is 16.0 Å². The molecule has 0 saturated heterocycles. The number of nitrogens with zero attached hydrogens (tertiary/aromatic N) is 1. The Kier molecular flexibility index (Phi) is 10.5. The normalized spacial score (nSPS) is 11.8. The number of carbonyl (C=O) groups is 3. The molecular formula is C25H33N5O6. The van der Waals surface area contributed by atoms with Crippen LogP contribution in [0.1, 0.15) is 43.6 Å². The number of hydrogen-bond acceptors (Lipinski definition) is 7. The van der Waals surface area contributed by atoms with E-state index in [9.17, 15) is 19.5 Å². The van der Waals surface area contributed by atoms with Gasteiger partial charge in [-0.05, 0) is 63.6 Å². The highest BCUT2D eigenvalue weighted by atomic mass is 16.5. The zero-order chi connectivity index (χ0) is 26.7. The monoisotopic (exact) mass is 499 g/mol. The van der Waals surface area contributed by atoms with Crippen LogP contribution in [0, 0.1) is 0 Å². The molecule has 11 nitrogen and oxygen atoms in total. The van der Waals surface area contributed by atoms with Gasteiger partial charge in [-0.2, -0.15) is 5.10 Å². The number of nitrogens with one attached hydrogen (secondary N) is 3. The number of carboxylic acid groups (broad SMARTS) is 1. The maximum Gasteiger partial charge on any atom is 0.326 e. The SMILES string of the molecule is CC(C)Oc1cc(CC(NC(=O)CNC(=O)c2cccc(NC=NN)c2)C(=O)O)cc(OC(C)C)c1. The van der Waals surface area contributed by atoms with E-state index in [1.807, 2.05) is 27.7 Å². The van der Waals surface area contributed by atoms with Crippen molar-refractivity contribution in [2.75, 3.05) is 11.9 Å². The number of benzene rings is 2. The molecule has 0 radical (unpaired) electrons. The van der Waals surface area contributed by atoms with E-state index in [1.54, 1.807) is 42.5 Å². The zero-order valence-electron chi connectivity index (χ0n) is 20.8. The Morgan fingerprint density at radius 2 is 1.67 bits per heavy atom. The fourth-order valence-corrected chi connectivity index (χ4v) is 3.23. The van der Waals surface area contributed by atoms with E-state index < -0.39 is 30.4 Å². The third-order valence-electron chi connectivity index (χ3n) is 4.60. The number of carbonyl (C=O) groups excluding carboxylic acids is 2. The van der Waals surface area contributed by atoms with Gasteiger partial charge in [0.05, 0.1) is 18.8 Å². The van der Waals surface area contributed by atoms with Gasteiger partial charge < -0.3 is 36.4 Å². The van der Waals surface area contributed by atoms with Gasteiger partial charge >= 0.3 is 5.97 Å². The number of carboxylic acids is 1. The molecule has 194 valence electrons. The van der Waals surface area contributed by atoms with E-state index in [-0.39, 0.29) is 18.6 Å². The molecule has 2 aromatic carbocycles. The van der Waals surface area contributed by atoms with Crippen LogP contribution in [0.3, 0.4) is 0 Å². The standard InChI is InChI=1S/C25H33N5O6/c1-15(2)35-20-8-17(9-21(12-20)36-16(3)4)10-22(25(33)34)30-23(31)13-27-24(32)18-6-5-7-19(11-18)28-14-29-26/h5-9,11-12,14-16,22H,10,13,26H2,1-4H3,(H,27,32)(H,28,29)(H,30,31)(H,33,34). The van der Waals surface area contributed by atoms with Crippen LogP contribution in [0.4, 0.5) is 5.69 Å². The number of hydrogen-bond donors (Lipinski definition) is 5. The smallest absolute Gasteiger partial charge is 0.326 e. The number of anilines is 1. The molecule has 0 heterocycles. The topological polar surface area (TPSA) is 164 Å². The van der Waals surface area contributed by atoms with Gasteiger partial charge in [-0.3, -0.25) is 9.59 Å². The van der Waals surface area contributed by atoms with Crippen LogP contribution in [0.25, 0.3) is 0 Å². The summed E-state index contributed by atoms with van der Waals surface area (Å²) in [4.78, 5) is 36.7. The first-order valence-corrected chi connectivity index (χ1v) is 11.4. The lowest BCUT2D eigenvalue weighted by Gasteiger charge is -2.18. The van der Waals surface area contributed by atoms with Crippen molar-refractivity contribution < 1.29 is 29.0 Å². The summed E-state index contributed by atoms with van der Waals surface area (Å²) in [5.74, 6) is 3.76. The first kappa shape index (κ1) is 28.0. The van der Waals surface area contributed by atoms with Crippen LogP contribution >= 0.6 is 0 Å². The van der Waals surface area contributed by atoms with Crippen molar-refractivity contribution >= 4 is 29.8 Å². The van der Waals surface area contributed by atoms with Gasteiger partial charge in [0.25, 0.3) is 5.91 Å².